The van der Waals surface area contributed by atoms with Gasteiger partial charge in [0.25, 0.3) is 5.91 Å². The van der Waals surface area contributed by atoms with Crippen LogP contribution >= 0.6 is 22.9 Å². The van der Waals surface area contributed by atoms with Gasteiger partial charge >= 0.3 is 0 Å². The molecular formula is C19H19ClN2O3S2. The van der Waals surface area contributed by atoms with Crippen molar-refractivity contribution in [1.82, 2.24) is 4.31 Å². The van der Waals surface area contributed by atoms with Gasteiger partial charge in [-0.15, -0.1) is 11.3 Å². The first-order valence-electron chi connectivity index (χ1n) is 8.15. The normalized spacial score (nSPS) is 11.9. The van der Waals surface area contributed by atoms with Crippen molar-refractivity contribution in [3.8, 4) is 0 Å². The molecule has 5 nitrogen and oxygen atoms in total. The molecule has 0 saturated carbocycles. The van der Waals surface area contributed by atoms with Gasteiger partial charge in [0.2, 0.25) is 10.0 Å². The predicted molar refractivity (Wildman–Crippen MR) is 112 cm³/mol. The van der Waals surface area contributed by atoms with Gasteiger partial charge in [0.1, 0.15) is 4.88 Å². The number of amides is 1. The minimum atomic E-state index is -3.59. The van der Waals surface area contributed by atoms with Crippen LogP contribution in [0.3, 0.4) is 0 Å². The maximum Gasteiger partial charge on any atom is 0.267 e. The Labute approximate surface area is 167 Å². The zero-order chi connectivity index (χ0) is 19.9. The minimum Gasteiger partial charge on any atom is -0.321 e. The van der Waals surface area contributed by atoms with E-state index in [4.69, 9.17) is 11.6 Å². The van der Waals surface area contributed by atoms with E-state index in [9.17, 15) is 13.2 Å². The largest absolute Gasteiger partial charge is 0.321 e. The Hall–Kier alpha value is -1.93. The first kappa shape index (κ1) is 19.8. The highest BCUT2D eigenvalue weighted by atomic mass is 35.5. The standard InChI is InChI=1S/C19H19ClN2O3S2/c1-11-8-9-13(27(24,25)22(3)4)10-14(11)21-19(23)18-17(20)16-12(2)6-5-7-15(16)26-18/h5-10H,1-4H3,(H,21,23). The Bertz CT molecular complexity index is 1150. The van der Waals surface area contributed by atoms with Gasteiger partial charge in [-0.2, -0.15) is 0 Å². The molecule has 1 heterocycles. The molecule has 1 amide bonds. The van der Waals surface area contributed by atoms with Crippen molar-refractivity contribution in [2.45, 2.75) is 18.7 Å². The van der Waals surface area contributed by atoms with Crippen LogP contribution in [0.5, 0.6) is 0 Å². The van der Waals surface area contributed by atoms with Crippen LogP contribution in [-0.2, 0) is 10.0 Å². The fourth-order valence-corrected chi connectivity index (χ4v) is 5.21. The molecule has 0 unspecified atom stereocenters. The lowest BCUT2D eigenvalue weighted by Crippen LogP contribution is -2.22. The molecule has 0 aliphatic rings. The summed E-state index contributed by atoms with van der Waals surface area (Å²) in [5.41, 5.74) is 2.20. The van der Waals surface area contributed by atoms with E-state index in [1.807, 2.05) is 25.1 Å². The van der Waals surface area contributed by atoms with Crippen molar-refractivity contribution in [3.05, 3.63) is 57.4 Å². The van der Waals surface area contributed by atoms with Crippen LogP contribution in [0.4, 0.5) is 5.69 Å². The number of benzene rings is 2. The van der Waals surface area contributed by atoms with Crippen molar-refractivity contribution in [2.24, 2.45) is 0 Å². The van der Waals surface area contributed by atoms with Crippen LogP contribution < -0.4 is 5.32 Å². The molecule has 0 aliphatic carbocycles. The summed E-state index contributed by atoms with van der Waals surface area (Å²) in [6.45, 7) is 3.75. The molecule has 2 aromatic carbocycles. The number of carbonyl (C=O) groups is 1. The van der Waals surface area contributed by atoms with E-state index in [2.05, 4.69) is 5.32 Å². The third-order valence-corrected chi connectivity index (χ3v) is 7.76. The van der Waals surface area contributed by atoms with Crippen LogP contribution in [0, 0.1) is 13.8 Å². The number of hydrogen-bond donors (Lipinski definition) is 1. The van der Waals surface area contributed by atoms with Crippen molar-refractivity contribution < 1.29 is 13.2 Å². The van der Waals surface area contributed by atoms with Gasteiger partial charge in [-0.3, -0.25) is 4.79 Å². The average molecular weight is 423 g/mol. The molecule has 3 rings (SSSR count). The summed E-state index contributed by atoms with van der Waals surface area (Å²) in [4.78, 5) is 13.3. The SMILES string of the molecule is Cc1ccc(S(=O)(=O)N(C)C)cc1NC(=O)c1sc2cccc(C)c2c1Cl. The Balaban J connectivity index is 2.00. The third kappa shape index (κ3) is 3.60. The van der Waals surface area contributed by atoms with E-state index in [0.717, 1.165) is 25.5 Å². The monoisotopic (exact) mass is 422 g/mol. The molecule has 0 radical (unpaired) electrons. The zero-order valence-electron chi connectivity index (χ0n) is 15.3. The number of thiophene rings is 1. The van der Waals surface area contributed by atoms with E-state index >= 15 is 0 Å². The van der Waals surface area contributed by atoms with E-state index in [1.54, 1.807) is 13.0 Å². The summed E-state index contributed by atoms with van der Waals surface area (Å²) in [7, 11) is -0.662. The second-order valence-corrected chi connectivity index (χ2v) is 9.99. The number of hydrogen-bond acceptors (Lipinski definition) is 4. The van der Waals surface area contributed by atoms with E-state index < -0.39 is 10.0 Å². The predicted octanol–water partition coefficient (Wildman–Crippen LogP) is 4.67. The van der Waals surface area contributed by atoms with Gasteiger partial charge in [-0.25, -0.2) is 12.7 Å². The Kier molecular flexibility index (Phi) is 5.31. The quantitative estimate of drug-likeness (QED) is 0.664. The minimum absolute atomic E-state index is 0.117. The highest BCUT2D eigenvalue weighted by Gasteiger charge is 2.21. The van der Waals surface area contributed by atoms with E-state index in [1.165, 1.54) is 37.6 Å². The van der Waals surface area contributed by atoms with Crippen molar-refractivity contribution in [3.63, 3.8) is 0 Å². The number of sulfonamides is 1. The lowest BCUT2D eigenvalue weighted by Gasteiger charge is -2.14. The van der Waals surface area contributed by atoms with E-state index in [0.29, 0.717) is 15.6 Å². The number of aryl methyl sites for hydroxylation is 2. The smallest absolute Gasteiger partial charge is 0.267 e. The molecule has 0 aliphatic heterocycles. The molecule has 8 heteroatoms. The molecular weight excluding hydrogens is 404 g/mol. The molecule has 0 saturated heterocycles. The Morgan fingerprint density at radius 2 is 1.81 bits per heavy atom. The maximum absolute atomic E-state index is 12.8. The lowest BCUT2D eigenvalue weighted by molar-refractivity contribution is 0.103. The molecule has 27 heavy (non-hydrogen) atoms. The molecule has 142 valence electrons. The van der Waals surface area contributed by atoms with Gasteiger partial charge in [0.05, 0.1) is 9.92 Å². The van der Waals surface area contributed by atoms with Crippen LogP contribution in [0.15, 0.2) is 41.3 Å². The first-order chi connectivity index (χ1) is 12.6. The Morgan fingerprint density at radius 3 is 2.44 bits per heavy atom. The molecule has 0 spiro atoms. The van der Waals surface area contributed by atoms with Gasteiger partial charge in [-0.1, -0.05) is 29.8 Å². The van der Waals surface area contributed by atoms with Crippen LogP contribution in [0.1, 0.15) is 20.8 Å². The molecule has 0 fully saturated rings. The second-order valence-electron chi connectivity index (χ2n) is 6.41. The number of carbonyl (C=O) groups excluding carboxylic acids is 1. The number of halogens is 1. The molecule has 3 aromatic rings. The van der Waals surface area contributed by atoms with Crippen molar-refractivity contribution in [1.29, 1.82) is 0 Å². The zero-order valence-corrected chi connectivity index (χ0v) is 17.7. The topological polar surface area (TPSA) is 66.5 Å². The highest BCUT2D eigenvalue weighted by molar-refractivity contribution is 7.89. The van der Waals surface area contributed by atoms with Gasteiger partial charge in [-0.05, 0) is 43.2 Å². The molecule has 0 bridgehead atoms. The summed E-state index contributed by atoms with van der Waals surface area (Å²) in [5.74, 6) is -0.358. The molecule has 1 N–H and O–H groups in total. The van der Waals surface area contributed by atoms with Crippen LogP contribution in [0.2, 0.25) is 5.02 Å². The molecule has 0 atom stereocenters. The average Bonchev–Trinajstić information content (AvgIpc) is 2.94. The summed E-state index contributed by atoms with van der Waals surface area (Å²) >= 11 is 7.77. The van der Waals surface area contributed by atoms with Gasteiger partial charge in [0, 0.05) is 29.9 Å². The fourth-order valence-electron chi connectivity index (χ4n) is 2.71. The summed E-state index contributed by atoms with van der Waals surface area (Å²) in [5, 5.41) is 4.09. The van der Waals surface area contributed by atoms with Gasteiger partial charge < -0.3 is 5.32 Å². The van der Waals surface area contributed by atoms with Gasteiger partial charge in [0.15, 0.2) is 0 Å². The van der Waals surface area contributed by atoms with Crippen molar-refractivity contribution >= 4 is 54.6 Å². The van der Waals surface area contributed by atoms with Crippen molar-refractivity contribution in [2.75, 3.05) is 19.4 Å². The summed E-state index contributed by atoms with van der Waals surface area (Å²) < 4.78 is 26.8. The number of anilines is 1. The van der Waals surface area contributed by atoms with Crippen LogP contribution in [-0.4, -0.2) is 32.7 Å². The third-order valence-electron chi connectivity index (χ3n) is 4.31. The highest BCUT2D eigenvalue weighted by Crippen LogP contribution is 2.37. The number of rotatable bonds is 4. The lowest BCUT2D eigenvalue weighted by atomic mass is 10.1. The number of nitrogens with one attached hydrogen (secondary N) is 1. The maximum atomic E-state index is 12.8. The second kappa shape index (κ2) is 7.24. The van der Waals surface area contributed by atoms with Crippen LogP contribution in [0.25, 0.3) is 10.1 Å². The first-order valence-corrected chi connectivity index (χ1v) is 10.8. The number of nitrogens with zero attached hydrogens (tertiary/aromatic N) is 1. The summed E-state index contributed by atoms with van der Waals surface area (Å²) in [6.07, 6.45) is 0. The Morgan fingerprint density at radius 1 is 1.11 bits per heavy atom. The fraction of sp³-hybridized carbons (Fsp3) is 0.211. The summed E-state index contributed by atoms with van der Waals surface area (Å²) in [6, 6.07) is 10.5. The van der Waals surface area contributed by atoms with E-state index in [-0.39, 0.29) is 10.8 Å². The molecule has 1 aromatic heterocycles. The number of fused-ring (bicyclic) bond motifs is 1.